The predicted molar refractivity (Wildman–Crippen MR) is 49.5 cm³/mol. The Morgan fingerprint density at radius 1 is 1.54 bits per heavy atom. The lowest BCUT2D eigenvalue weighted by molar-refractivity contribution is 0.591. The second-order valence-corrected chi connectivity index (χ2v) is 5.14. The van der Waals surface area contributed by atoms with Gasteiger partial charge in [-0.1, -0.05) is 0 Å². The van der Waals surface area contributed by atoms with E-state index in [2.05, 4.69) is 10.3 Å². The first-order valence-electron chi connectivity index (χ1n) is 4.03. The lowest BCUT2D eigenvalue weighted by Crippen LogP contribution is -2.24. The van der Waals surface area contributed by atoms with Gasteiger partial charge in [0.15, 0.2) is 14.9 Å². The minimum atomic E-state index is -3.13. The highest BCUT2D eigenvalue weighted by molar-refractivity contribution is 7.91. The maximum atomic E-state index is 11.5. The van der Waals surface area contributed by atoms with E-state index in [9.17, 15) is 8.42 Å². The zero-order chi connectivity index (χ0) is 9.47. The van der Waals surface area contributed by atoms with Crippen LogP contribution in [0.25, 0.3) is 0 Å². The number of aryl methyl sites for hydroxylation is 1. The van der Waals surface area contributed by atoms with Crippen LogP contribution < -0.4 is 5.32 Å². The molecule has 0 amide bonds. The fourth-order valence-corrected chi connectivity index (χ4v) is 2.59. The van der Waals surface area contributed by atoms with E-state index in [-0.39, 0.29) is 10.8 Å². The van der Waals surface area contributed by atoms with Crippen molar-refractivity contribution in [1.82, 2.24) is 4.98 Å². The number of anilines is 1. The van der Waals surface area contributed by atoms with Crippen LogP contribution in [0.5, 0.6) is 0 Å². The standard InChI is InChI=1S/C8H10N2O2S/c1-6-4-7-8(10-5-6)13(11,12)3-2-9-7/h4-5,9H,2-3H2,1H3. The number of hydrogen-bond acceptors (Lipinski definition) is 4. The Hall–Kier alpha value is -1.10. The summed E-state index contributed by atoms with van der Waals surface area (Å²) in [6, 6.07) is 1.80. The van der Waals surface area contributed by atoms with Crippen molar-refractivity contribution >= 4 is 15.5 Å². The quantitative estimate of drug-likeness (QED) is 0.662. The molecule has 1 aromatic rings. The molecule has 0 aliphatic carbocycles. The zero-order valence-corrected chi connectivity index (χ0v) is 8.06. The smallest absolute Gasteiger partial charge is 0.199 e. The lowest BCUT2D eigenvalue weighted by atomic mass is 10.3. The molecule has 0 saturated heterocycles. The predicted octanol–water partition coefficient (Wildman–Crippen LogP) is 0.589. The van der Waals surface area contributed by atoms with Crippen LogP contribution in [0, 0.1) is 6.92 Å². The van der Waals surface area contributed by atoms with Crippen molar-refractivity contribution in [2.45, 2.75) is 11.9 Å². The summed E-state index contributed by atoms with van der Waals surface area (Å²) in [5.41, 5.74) is 1.59. The van der Waals surface area contributed by atoms with Gasteiger partial charge in [0.25, 0.3) is 0 Å². The number of pyridine rings is 1. The minimum absolute atomic E-state index is 0.135. The van der Waals surface area contributed by atoms with Gasteiger partial charge in [-0.3, -0.25) is 0 Å². The first-order chi connectivity index (χ1) is 6.09. The van der Waals surface area contributed by atoms with E-state index in [0.29, 0.717) is 12.2 Å². The molecule has 1 aliphatic heterocycles. The molecule has 13 heavy (non-hydrogen) atoms. The Morgan fingerprint density at radius 3 is 3.08 bits per heavy atom. The van der Waals surface area contributed by atoms with Gasteiger partial charge in [-0.15, -0.1) is 0 Å². The van der Waals surface area contributed by atoms with Crippen molar-refractivity contribution in [2.75, 3.05) is 17.6 Å². The van der Waals surface area contributed by atoms with Crippen LogP contribution in [-0.2, 0) is 9.84 Å². The average Bonchev–Trinajstić information content (AvgIpc) is 2.02. The van der Waals surface area contributed by atoms with E-state index in [0.717, 1.165) is 5.56 Å². The summed E-state index contributed by atoms with van der Waals surface area (Å²) < 4.78 is 23.0. The number of nitrogens with zero attached hydrogens (tertiary/aromatic N) is 1. The van der Waals surface area contributed by atoms with E-state index in [1.165, 1.54) is 0 Å². The number of fused-ring (bicyclic) bond motifs is 1. The van der Waals surface area contributed by atoms with Crippen molar-refractivity contribution in [1.29, 1.82) is 0 Å². The molecule has 2 heterocycles. The van der Waals surface area contributed by atoms with Crippen LogP contribution in [-0.4, -0.2) is 25.7 Å². The number of hydrogen-bond donors (Lipinski definition) is 1. The van der Waals surface area contributed by atoms with Crippen LogP contribution in [0.3, 0.4) is 0 Å². The molecule has 1 aromatic heterocycles. The van der Waals surface area contributed by atoms with Crippen LogP contribution in [0.1, 0.15) is 5.56 Å². The van der Waals surface area contributed by atoms with Gasteiger partial charge >= 0.3 is 0 Å². The summed E-state index contributed by atoms with van der Waals surface area (Å²) in [7, 11) is -3.13. The molecular weight excluding hydrogens is 188 g/mol. The first-order valence-corrected chi connectivity index (χ1v) is 5.68. The monoisotopic (exact) mass is 198 g/mol. The molecular formula is C8H10N2O2S. The second kappa shape index (κ2) is 2.70. The summed E-state index contributed by atoms with van der Waals surface area (Å²) in [5.74, 6) is 0.135. The largest absolute Gasteiger partial charge is 0.382 e. The maximum absolute atomic E-state index is 11.5. The zero-order valence-electron chi connectivity index (χ0n) is 7.24. The van der Waals surface area contributed by atoms with Crippen LogP contribution in [0.4, 0.5) is 5.69 Å². The van der Waals surface area contributed by atoms with Gasteiger partial charge < -0.3 is 5.32 Å². The van der Waals surface area contributed by atoms with Crippen molar-refractivity contribution < 1.29 is 8.42 Å². The molecule has 0 saturated carbocycles. The topological polar surface area (TPSA) is 59.1 Å². The minimum Gasteiger partial charge on any atom is -0.382 e. The first kappa shape index (κ1) is 8.50. The number of aromatic nitrogens is 1. The van der Waals surface area contributed by atoms with Gasteiger partial charge in [-0.05, 0) is 18.6 Å². The third-order valence-corrected chi connectivity index (χ3v) is 3.62. The third-order valence-electron chi connectivity index (χ3n) is 1.97. The van der Waals surface area contributed by atoms with Gasteiger partial charge in [0, 0.05) is 12.7 Å². The molecule has 2 rings (SSSR count). The summed E-state index contributed by atoms with van der Waals surface area (Å²) in [6.45, 7) is 2.36. The molecule has 1 N–H and O–H groups in total. The van der Waals surface area contributed by atoms with E-state index in [4.69, 9.17) is 0 Å². The summed E-state index contributed by atoms with van der Waals surface area (Å²) in [5, 5.41) is 3.20. The Morgan fingerprint density at radius 2 is 2.31 bits per heavy atom. The fraction of sp³-hybridized carbons (Fsp3) is 0.375. The molecule has 0 aromatic carbocycles. The van der Waals surface area contributed by atoms with Crippen LogP contribution >= 0.6 is 0 Å². The molecule has 5 heteroatoms. The van der Waals surface area contributed by atoms with Crippen LogP contribution in [0.2, 0.25) is 0 Å². The van der Waals surface area contributed by atoms with E-state index < -0.39 is 9.84 Å². The fourth-order valence-electron chi connectivity index (χ4n) is 1.35. The van der Waals surface area contributed by atoms with Crippen molar-refractivity contribution in [2.24, 2.45) is 0 Å². The normalized spacial score (nSPS) is 18.8. The molecule has 70 valence electrons. The molecule has 0 radical (unpaired) electrons. The molecule has 0 unspecified atom stereocenters. The Kier molecular flexibility index (Phi) is 1.76. The van der Waals surface area contributed by atoms with E-state index >= 15 is 0 Å². The molecule has 4 nitrogen and oxygen atoms in total. The number of nitrogens with one attached hydrogen (secondary N) is 1. The molecule has 0 atom stereocenters. The van der Waals surface area contributed by atoms with Gasteiger partial charge in [0.1, 0.15) is 0 Å². The van der Waals surface area contributed by atoms with Crippen LogP contribution in [0.15, 0.2) is 17.3 Å². The molecule has 0 fully saturated rings. The van der Waals surface area contributed by atoms with E-state index in [1.54, 1.807) is 12.3 Å². The lowest BCUT2D eigenvalue weighted by Gasteiger charge is -2.17. The highest BCUT2D eigenvalue weighted by atomic mass is 32.2. The Labute approximate surface area is 76.9 Å². The van der Waals surface area contributed by atoms with Gasteiger partial charge in [-0.25, -0.2) is 13.4 Å². The maximum Gasteiger partial charge on any atom is 0.199 e. The number of rotatable bonds is 0. The summed E-state index contributed by atoms with van der Waals surface area (Å²) >= 11 is 0. The van der Waals surface area contributed by atoms with Crippen molar-refractivity contribution in [3.63, 3.8) is 0 Å². The van der Waals surface area contributed by atoms with Gasteiger partial charge in [-0.2, -0.15) is 0 Å². The highest BCUT2D eigenvalue weighted by Crippen LogP contribution is 2.23. The van der Waals surface area contributed by atoms with Crippen molar-refractivity contribution in [3.8, 4) is 0 Å². The SMILES string of the molecule is Cc1cnc2c(c1)NCCS2(=O)=O. The van der Waals surface area contributed by atoms with Gasteiger partial charge in [0.2, 0.25) is 0 Å². The summed E-state index contributed by atoms with van der Waals surface area (Å²) in [4.78, 5) is 3.92. The summed E-state index contributed by atoms with van der Waals surface area (Å²) in [6.07, 6.45) is 1.57. The third kappa shape index (κ3) is 1.39. The van der Waals surface area contributed by atoms with E-state index in [1.807, 2.05) is 6.92 Å². The van der Waals surface area contributed by atoms with Crippen molar-refractivity contribution in [3.05, 3.63) is 17.8 Å². The molecule has 0 bridgehead atoms. The van der Waals surface area contributed by atoms with Gasteiger partial charge in [0.05, 0.1) is 11.4 Å². The Balaban J connectivity index is 2.66. The molecule has 1 aliphatic rings. The molecule has 0 spiro atoms. The average molecular weight is 198 g/mol. The Bertz CT molecular complexity index is 439. The number of sulfone groups is 1. The highest BCUT2D eigenvalue weighted by Gasteiger charge is 2.24. The second-order valence-electron chi connectivity index (χ2n) is 3.11.